The highest BCUT2D eigenvalue weighted by Crippen LogP contribution is 2.57. The third-order valence-corrected chi connectivity index (χ3v) is 11.2. The van der Waals surface area contributed by atoms with Gasteiger partial charge in [0.15, 0.2) is 0 Å². The van der Waals surface area contributed by atoms with E-state index in [0.29, 0.717) is 0 Å². The molecule has 234 valence electrons. The Balaban J connectivity index is 1.05. The molecule has 1 saturated carbocycles. The molecule has 0 N–H and O–H groups in total. The average Bonchev–Trinajstić information content (AvgIpc) is 3.69. The van der Waals surface area contributed by atoms with E-state index in [9.17, 15) is 0 Å². The van der Waals surface area contributed by atoms with Gasteiger partial charge in [-0.2, -0.15) is 0 Å². The summed E-state index contributed by atoms with van der Waals surface area (Å²) < 4.78 is 2.29. The highest BCUT2D eigenvalue weighted by molar-refractivity contribution is 5.90. The number of hydrogen-bond donors (Lipinski definition) is 0. The number of imidazole rings is 1. The first-order valence-corrected chi connectivity index (χ1v) is 17.7. The second-order valence-corrected chi connectivity index (χ2v) is 13.9. The molecule has 0 amide bonds. The molecular weight excluding hydrogens is 593 g/mol. The molecule has 2 aliphatic rings. The van der Waals surface area contributed by atoms with Crippen molar-refractivity contribution in [2.24, 2.45) is 0 Å². The first kappa shape index (κ1) is 28.3. The zero-order valence-corrected chi connectivity index (χ0v) is 27.4. The predicted molar refractivity (Wildman–Crippen MR) is 204 cm³/mol. The van der Waals surface area contributed by atoms with Crippen LogP contribution in [0.4, 0.5) is 0 Å². The smallest absolute Gasteiger partial charge is 0.145 e. The van der Waals surface area contributed by atoms with Gasteiger partial charge in [0, 0.05) is 16.7 Å². The fourth-order valence-electron chi connectivity index (χ4n) is 8.79. The maximum absolute atomic E-state index is 5.05. The van der Waals surface area contributed by atoms with Gasteiger partial charge in [-0.15, -0.1) is 0 Å². The van der Waals surface area contributed by atoms with Crippen LogP contribution >= 0.6 is 0 Å². The molecule has 2 aliphatic carbocycles. The Morgan fingerprint density at radius 2 is 1.04 bits per heavy atom. The summed E-state index contributed by atoms with van der Waals surface area (Å²) in [4.78, 5) is 5.05. The normalized spacial score (nSPS) is 14.7. The van der Waals surface area contributed by atoms with Gasteiger partial charge in [-0.1, -0.05) is 135 Å². The van der Waals surface area contributed by atoms with E-state index in [1.165, 1.54) is 87.4 Å². The average molecular weight is 629 g/mol. The SMILES string of the molecule is c1ccc(-c2nc3ccccc3n2-c2ccc(-c3ccc4c(c3)C3(CCCCC3)c3cc(-c5ccc6ccccc6c5)ccc3-4)cc2)cc1. The summed E-state index contributed by atoms with van der Waals surface area (Å²) in [7, 11) is 0. The van der Waals surface area contributed by atoms with Gasteiger partial charge in [-0.05, 0) is 111 Å². The van der Waals surface area contributed by atoms with Crippen LogP contribution in [0.1, 0.15) is 43.2 Å². The van der Waals surface area contributed by atoms with Crippen molar-refractivity contribution in [3.63, 3.8) is 0 Å². The van der Waals surface area contributed by atoms with Crippen molar-refractivity contribution in [2.75, 3.05) is 0 Å². The van der Waals surface area contributed by atoms with Gasteiger partial charge >= 0.3 is 0 Å². The highest BCUT2D eigenvalue weighted by Gasteiger charge is 2.44. The number of aromatic nitrogens is 2. The molecule has 1 aromatic heterocycles. The number of para-hydroxylation sites is 2. The molecule has 1 fully saturated rings. The first-order chi connectivity index (χ1) is 24.2. The van der Waals surface area contributed by atoms with Gasteiger partial charge in [0.2, 0.25) is 0 Å². The van der Waals surface area contributed by atoms with Gasteiger partial charge in [0.1, 0.15) is 5.82 Å². The summed E-state index contributed by atoms with van der Waals surface area (Å²) in [6, 6.07) is 58.1. The van der Waals surface area contributed by atoms with Crippen molar-refractivity contribution in [1.82, 2.24) is 9.55 Å². The summed E-state index contributed by atoms with van der Waals surface area (Å²) in [5.41, 5.74) is 15.5. The zero-order chi connectivity index (χ0) is 32.4. The Morgan fingerprint density at radius 3 is 1.80 bits per heavy atom. The molecule has 0 radical (unpaired) electrons. The molecule has 0 bridgehead atoms. The molecule has 0 aliphatic heterocycles. The summed E-state index contributed by atoms with van der Waals surface area (Å²) in [6.45, 7) is 0. The molecule has 1 heterocycles. The van der Waals surface area contributed by atoms with Crippen LogP contribution in [0.2, 0.25) is 0 Å². The lowest BCUT2D eigenvalue weighted by molar-refractivity contribution is 0.353. The third-order valence-electron chi connectivity index (χ3n) is 11.2. The number of benzene rings is 7. The second kappa shape index (κ2) is 11.2. The number of rotatable bonds is 4. The van der Waals surface area contributed by atoms with Gasteiger partial charge in [0.25, 0.3) is 0 Å². The molecular formula is C47H36N2. The van der Waals surface area contributed by atoms with E-state index < -0.39 is 0 Å². The van der Waals surface area contributed by atoms with E-state index in [-0.39, 0.29) is 5.41 Å². The van der Waals surface area contributed by atoms with Crippen molar-refractivity contribution in [2.45, 2.75) is 37.5 Å². The van der Waals surface area contributed by atoms with Crippen molar-refractivity contribution in [3.8, 4) is 50.5 Å². The monoisotopic (exact) mass is 628 g/mol. The van der Waals surface area contributed by atoms with E-state index in [2.05, 4.69) is 162 Å². The molecule has 7 aromatic carbocycles. The van der Waals surface area contributed by atoms with Gasteiger partial charge in [-0.3, -0.25) is 4.57 Å². The van der Waals surface area contributed by atoms with Crippen LogP contribution in [-0.4, -0.2) is 9.55 Å². The Kier molecular flexibility index (Phi) is 6.45. The highest BCUT2D eigenvalue weighted by atomic mass is 15.1. The Bertz CT molecular complexity index is 2510. The van der Waals surface area contributed by atoms with Crippen molar-refractivity contribution >= 4 is 21.8 Å². The standard InChI is InChI=1S/C47H36N2/c1-3-12-34(13-4-1)46-48-44-15-7-8-16-45(44)49(46)39-23-19-33(20-24-39)37-21-25-40-41-26-22-38(36-18-17-32-11-5-6-14-35(32)29-36)31-43(41)47(42(40)30-37)27-9-2-10-28-47/h1,3-8,11-26,29-31H,2,9-10,27-28H2. The van der Waals surface area contributed by atoms with Crippen LogP contribution in [-0.2, 0) is 5.41 Å². The molecule has 49 heavy (non-hydrogen) atoms. The van der Waals surface area contributed by atoms with Crippen LogP contribution in [0.5, 0.6) is 0 Å². The Labute approximate surface area is 287 Å². The van der Waals surface area contributed by atoms with Crippen LogP contribution in [0.15, 0.2) is 158 Å². The van der Waals surface area contributed by atoms with E-state index in [1.807, 2.05) is 0 Å². The lowest BCUT2D eigenvalue weighted by Crippen LogP contribution is -2.28. The maximum atomic E-state index is 5.05. The summed E-state index contributed by atoms with van der Waals surface area (Å²) >= 11 is 0. The fraction of sp³-hybridized carbons (Fsp3) is 0.128. The molecule has 2 nitrogen and oxygen atoms in total. The fourth-order valence-corrected chi connectivity index (χ4v) is 8.79. The van der Waals surface area contributed by atoms with Gasteiger partial charge in [0.05, 0.1) is 11.0 Å². The number of fused-ring (bicyclic) bond motifs is 7. The van der Waals surface area contributed by atoms with Crippen molar-refractivity contribution < 1.29 is 0 Å². The summed E-state index contributed by atoms with van der Waals surface area (Å²) in [6.07, 6.45) is 6.31. The van der Waals surface area contributed by atoms with Gasteiger partial charge < -0.3 is 0 Å². The third kappa shape index (κ3) is 4.51. The van der Waals surface area contributed by atoms with Crippen LogP contribution in [0.3, 0.4) is 0 Å². The maximum Gasteiger partial charge on any atom is 0.145 e. The Morgan fingerprint density at radius 1 is 0.449 bits per heavy atom. The van der Waals surface area contributed by atoms with Crippen LogP contribution in [0.25, 0.3) is 72.3 Å². The molecule has 0 atom stereocenters. The van der Waals surface area contributed by atoms with Crippen molar-refractivity contribution in [1.29, 1.82) is 0 Å². The molecule has 2 heteroatoms. The summed E-state index contributed by atoms with van der Waals surface area (Å²) in [5.74, 6) is 0.965. The summed E-state index contributed by atoms with van der Waals surface area (Å²) in [5, 5.41) is 2.59. The van der Waals surface area contributed by atoms with E-state index in [4.69, 9.17) is 4.98 Å². The second-order valence-electron chi connectivity index (χ2n) is 13.9. The molecule has 0 unspecified atom stereocenters. The molecule has 10 rings (SSSR count). The predicted octanol–water partition coefficient (Wildman–Crippen LogP) is 12.4. The van der Waals surface area contributed by atoms with Crippen molar-refractivity contribution in [3.05, 3.63) is 169 Å². The minimum atomic E-state index is 0.0754. The van der Waals surface area contributed by atoms with E-state index >= 15 is 0 Å². The topological polar surface area (TPSA) is 17.8 Å². The number of nitrogens with zero attached hydrogens (tertiary/aromatic N) is 2. The van der Waals surface area contributed by atoms with Crippen LogP contribution in [0, 0.1) is 0 Å². The van der Waals surface area contributed by atoms with Gasteiger partial charge in [-0.25, -0.2) is 4.98 Å². The molecule has 1 spiro atoms. The molecule has 8 aromatic rings. The van der Waals surface area contributed by atoms with E-state index in [1.54, 1.807) is 0 Å². The van der Waals surface area contributed by atoms with Crippen LogP contribution < -0.4 is 0 Å². The molecule has 0 saturated heterocycles. The number of hydrogen-bond acceptors (Lipinski definition) is 1. The largest absolute Gasteiger partial charge is 0.292 e. The minimum Gasteiger partial charge on any atom is -0.292 e. The van der Waals surface area contributed by atoms with E-state index in [0.717, 1.165) is 28.1 Å². The zero-order valence-electron chi connectivity index (χ0n) is 27.4. The first-order valence-electron chi connectivity index (χ1n) is 17.7. The Hall–Kier alpha value is -5.73. The minimum absolute atomic E-state index is 0.0754. The lowest BCUT2D eigenvalue weighted by Gasteiger charge is -2.36. The lowest BCUT2D eigenvalue weighted by atomic mass is 9.67. The quantitative estimate of drug-likeness (QED) is 0.190.